The van der Waals surface area contributed by atoms with E-state index in [4.69, 9.17) is 4.74 Å². The highest BCUT2D eigenvalue weighted by Crippen LogP contribution is 2.31. The predicted octanol–water partition coefficient (Wildman–Crippen LogP) is 2.65. The first kappa shape index (κ1) is 13.3. The van der Waals surface area contributed by atoms with E-state index in [1.807, 2.05) is 0 Å². The van der Waals surface area contributed by atoms with E-state index >= 15 is 0 Å². The monoisotopic (exact) mass is 248 g/mol. The molecule has 0 aliphatic carbocycles. The van der Waals surface area contributed by atoms with Gasteiger partial charge >= 0.3 is 12.1 Å². The van der Waals surface area contributed by atoms with E-state index in [2.05, 4.69) is 4.74 Å². The first-order valence-electron chi connectivity index (χ1n) is 4.80. The van der Waals surface area contributed by atoms with Crippen LogP contribution in [0.25, 0.3) is 0 Å². The Morgan fingerprint density at radius 2 is 2.06 bits per heavy atom. The Bertz CT molecular complexity index is 388. The minimum absolute atomic E-state index is 0.00720. The van der Waals surface area contributed by atoms with Crippen molar-refractivity contribution in [2.75, 3.05) is 13.7 Å². The summed E-state index contributed by atoms with van der Waals surface area (Å²) in [7, 11) is 1.23. The Hall–Kier alpha value is -1.72. The molecule has 0 fully saturated rings. The van der Waals surface area contributed by atoms with E-state index in [9.17, 15) is 18.0 Å². The smallest absolute Gasteiger partial charge is 0.416 e. The summed E-state index contributed by atoms with van der Waals surface area (Å²) in [6, 6.07) is 4.48. The van der Waals surface area contributed by atoms with Gasteiger partial charge in [-0.1, -0.05) is 6.07 Å². The molecule has 0 radical (unpaired) electrons. The van der Waals surface area contributed by atoms with Crippen molar-refractivity contribution >= 4 is 5.97 Å². The summed E-state index contributed by atoms with van der Waals surface area (Å²) in [5.74, 6) is -0.402. The van der Waals surface area contributed by atoms with Crippen LogP contribution in [0.2, 0.25) is 0 Å². The van der Waals surface area contributed by atoms with Crippen molar-refractivity contribution in [3.05, 3.63) is 29.8 Å². The molecular formula is C11H11F3O3. The number of hydrogen-bond acceptors (Lipinski definition) is 3. The molecule has 1 rings (SSSR count). The lowest BCUT2D eigenvalue weighted by Gasteiger charge is -2.09. The molecule has 0 atom stereocenters. The van der Waals surface area contributed by atoms with Crippen molar-refractivity contribution in [2.24, 2.45) is 0 Å². The fourth-order valence-corrected chi connectivity index (χ4v) is 1.12. The third kappa shape index (κ3) is 4.34. The Morgan fingerprint density at radius 3 is 2.65 bits per heavy atom. The molecule has 0 saturated heterocycles. The summed E-state index contributed by atoms with van der Waals surface area (Å²) in [6.07, 6.45) is -4.41. The van der Waals surface area contributed by atoms with E-state index in [-0.39, 0.29) is 18.8 Å². The van der Waals surface area contributed by atoms with Crippen molar-refractivity contribution in [1.29, 1.82) is 0 Å². The van der Waals surface area contributed by atoms with Crippen LogP contribution in [0, 0.1) is 0 Å². The molecule has 0 aliphatic heterocycles. The number of carbonyl (C=O) groups excluding carboxylic acids is 1. The SMILES string of the molecule is COC(=O)CCOc1cccc(C(F)(F)F)c1. The van der Waals surface area contributed by atoms with Gasteiger partial charge in [0.15, 0.2) is 0 Å². The van der Waals surface area contributed by atoms with Gasteiger partial charge in [0.05, 0.1) is 25.7 Å². The van der Waals surface area contributed by atoms with Gasteiger partial charge in [-0.25, -0.2) is 0 Å². The summed E-state index contributed by atoms with van der Waals surface area (Å²) in [5.41, 5.74) is -0.784. The number of esters is 1. The van der Waals surface area contributed by atoms with Gasteiger partial charge in [0.2, 0.25) is 0 Å². The Morgan fingerprint density at radius 1 is 1.35 bits per heavy atom. The van der Waals surface area contributed by atoms with Gasteiger partial charge in [0, 0.05) is 0 Å². The van der Waals surface area contributed by atoms with Crippen molar-refractivity contribution < 1.29 is 27.4 Å². The number of alkyl halides is 3. The fraction of sp³-hybridized carbons (Fsp3) is 0.364. The second-order valence-corrected chi connectivity index (χ2v) is 3.20. The lowest BCUT2D eigenvalue weighted by molar-refractivity contribution is -0.141. The molecule has 0 aromatic heterocycles. The molecule has 0 bridgehead atoms. The van der Waals surface area contributed by atoms with Gasteiger partial charge in [-0.3, -0.25) is 4.79 Å². The van der Waals surface area contributed by atoms with Crippen LogP contribution < -0.4 is 4.74 Å². The molecule has 0 N–H and O–H groups in total. The average Bonchev–Trinajstić information content (AvgIpc) is 2.28. The molecule has 94 valence electrons. The molecule has 3 nitrogen and oxygen atoms in total. The summed E-state index contributed by atoms with van der Waals surface area (Å²) in [4.78, 5) is 10.7. The maximum atomic E-state index is 12.3. The highest BCUT2D eigenvalue weighted by Gasteiger charge is 2.30. The van der Waals surface area contributed by atoms with Gasteiger partial charge in [0.25, 0.3) is 0 Å². The minimum atomic E-state index is -4.40. The van der Waals surface area contributed by atoms with Gasteiger partial charge in [-0.2, -0.15) is 13.2 Å². The van der Waals surface area contributed by atoms with E-state index < -0.39 is 17.7 Å². The van der Waals surface area contributed by atoms with Crippen LogP contribution in [0.15, 0.2) is 24.3 Å². The number of ether oxygens (including phenoxy) is 2. The number of halogens is 3. The molecule has 1 aromatic rings. The zero-order chi connectivity index (χ0) is 12.9. The van der Waals surface area contributed by atoms with Gasteiger partial charge < -0.3 is 9.47 Å². The molecule has 0 unspecified atom stereocenters. The van der Waals surface area contributed by atoms with Crippen molar-refractivity contribution in [1.82, 2.24) is 0 Å². The van der Waals surface area contributed by atoms with Crippen LogP contribution in [-0.2, 0) is 15.7 Å². The minimum Gasteiger partial charge on any atom is -0.493 e. The Balaban J connectivity index is 2.58. The topological polar surface area (TPSA) is 35.5 Å². The first-order valence-corrected chi connectivity index (χ1v) is 4.80. The third-order valence-corrected chi connectivity index (χ3v) is 1.96. The molecule has 17 heavy (non-hydrogen) atoms. The highest BCUT2D eigenvalue weighted by atomic mass is 19.4. The van der Waals surface area contributed by atoms with Crippen LogP contribution in [-0.4, -0.2) is 19.7 Å². The fourth-order valence-electron chi connectivity index (χ4n) is 1.12. The molecule has 0 amide bonds. The summed E-state index contributed by atoms with van der Waals surface area (Å²) >= 11 is 0. The molecule has 1 aromatic carbocycles. The Kier molecular flexibility index (Phi) is 4.37. The molecule has 0 heterocycles. The third-order valence-electron chi connectivity index (χ3n) is 1.96. The van der Waals surface area contributed by atoms with Crippen LogP contribution >= 0.6 is 0 Å². The molecule has 6 heteroatoms. The largest absolute Gasteiger partial charge is 0.493 e. The maximum Gasteiger partial charge on any atom is 0.416 e. The van der Waals surface area contributed by atoms with Crippen LogP contribution in [0.4, 0.5) is 13.2 Å². The summed E-state index contributed by atoms with van der Waals surface area (Å²) < 4.78 is 46.4. The highest BCUT2D eigenvalue weighted by molar-refractivity contribution is 5.69. The molecular weight excluding hydrogens is 237 g/mol. The summed E-state index contributed by atoms with van der Waals surface area (Å²) in [5, 5.41) is 0. The zero-order valence-corrected chi connectivity index (χ0v) is 9.08. The quantitative estimate of drug-likeness (QED) is 0.768. The van der Waals surface area contributed by atoms with E-state index in [0.717, 1.165) is 12.1 Å². The summed E-state index contributed by atoms with van der Waals surface area (Å²) in [6.45, 7) is -0.0199. The van der Waals surface area contributed by atoms with Crippen molar-refractivity contribution in [3.63, 3.8) is 0 Å². The second kappa shape index (κ2) is 5.56. The Labute approximate surface area is 96.1 Å². The predicted molar refractivity (Wildman–Crippen MR) is 53.6 cm³/mol. The van der Waals surface area contributed by atoms with Gasteiger partial charge in [0.1, 0.15) is 5.75 Å². The zero-order valence-electron chi connectivity index (χ0n) is 9.08. The number of carbonyl (C=O) groups is 1. The van der Waals surface area contributed by atoms with Crippen LogP contribution in [0.3, 0.4) is 0 Å². The van der Waals surface area contributed by atoms with E-state index in [0.29, 0.717) is 0 Å². The standard InChI is InChI=1S/C11H11F3O3/c1-16-10(15)5-6-17-9-4-2-3-8(7-9)11(12,13)14/h2-4,7H,5-6H2,1H3. The van der Waals surface area contributed by atoms with Crippen LogP contribution in [0.1, 0.15) is 12.0 Å². The molecule has 0 saturated carbocycles. The van der Waals surface area contributed by atoms with Crippen LogP contribution in [0.5, 0.6) is 5.75 Å². The number of hydrogen-bond donors (Lipinski definition) is 0. The van der Waals surface area contributed by atoms with E-state index in [1.165, 1.54) is 19.2 Å². The number of methoxy groups -OCH3 is 1. The molecule has 0 aliphatic rings. The number of rotatable bonds is 4. The van der Waals surface area contributed by atoms with Crippen molar-refractivity contribution in [3.8, 4) is 5.75 Å². The van der Waals surface area contributed by atoms with Gasteiger partial charge in [-0.05, 0) is 18.2 Å². The van der Waals surface area contributed by atoms with Crippen molar-refractivity contribution in [2.45, 2.75) is 12.6 Å². The van der Waals surface area contributed by atoms with E-state index in [1.54, 1.807) is 0 Å². The lowest BCUT2D eigenvalue weighted by atomic mass is 10.2. The second-order valence-electron chi connectivity index (χ2n) is 3.20. The first-order chi connectivity index (χ1) is 7.93. The lowest BCUT2D eigenvalue weighted by Crippen LogP contribution is -2.08. The molecule has 0 spiro atoms. The number of benzene rings is 1. The average molecular weight is 248 g/mol. The normalized spacial score (nSPS) is 11.1. The maximum absolute atomic E-state index is 12.3. The van der Waals surface area contributed by atoms with Gasteiger partial charge in [-0.15, -0.1) is 0 Å².